The molecule has 6 heteroatoms. The average Bonchev–Trinajstić information content (AvgIpc) is 2.36. The van der Waals surface area contributed by atoms with Gasteiger partial charge >= 0.3 is 5.97 Å². The molecule has 0 spiro atoms. The highest BCUT2D eigenvalue weighted by molar-refractivity contribution is 7.90. The van der Waals surface area contributed by atoms with Gasteiger partial charge in [-0.25, -0.2) is 8.42 Å². The van der Waals surface area contributed by atoms with E-state index in [1.165, 1.54) is 13.4 Å². The van der Waals surface area contributed by atoms with E-state index in [4.69, 9.17) is 0 Å². The standard InChI is InChI=1S/C13H19NO4S/c1-9(14-10(2)13(15)18-3)11-5-7-12(8-6-11)19(4,16)17/h5-10,14H,1-4H3/t9?,10-/m0/s1. The Bertz CT molecular complexity index is 536. The lowest BCUT2D eigenvalue weighted by Crippen LogP contribution is -2.36. The van der Waals surface area contributed by atoms with Gasteiger partial charge < -0.3 is 4.74 Å². The molecule has 0 heterocycles. The normalized spacial score (nSPS) is 14.7. The van der Waals surface area contributed by atoms with Crippen LogP contribution in [0, 0.1) is 0 Å². The Labute approximate surface area is 113 Å². The third-order valence-corrected chi connectivity index (χ3v) is 3.99. The number of hydrogen-bond acceptors (Lipinski definition) is 5. The van der Waals surface area contributed by atoms with Gasteiger partial charge in [-0.2, -0.15) is 0 Å². The van der Waals surface area contributed by atoms with Gasteiger partial charge in [0.2, 0.25) is 0 Å². The number of rotatable bonds is 5. The quantitative estimate of drug-likeness (QED) is 0.826. The Balaban J connectivity index is 2.79. The van der Waals surface area contributed by atoms with Crippen LogP contribution in [-0.4, -0.2) is 33.8 Å². The third kappa shape index (κ3) is 4.33. The Hall–Kier alpha value is -1.40. The van der Waals surface area contributed by atoms with Gasteiger partial charge in [0.1, 0.15) is 6.04 Å². The van der Waals surface area contributed by atoms with E-state index in [-0.39, 0.29) is 16.9 Å². The number of methoxy groups -OCH3 is 1. The summed E-state index contributed by atoms with van der Waals surface area (Å²) in [5.41, 5.74) is 0.906. The molecule has 2 atom stereocenters. The monoisotopic (exact) mass is 285 g/mol. The van der Waals surface area contributed by atoms with E-state index in [0.29, 0.717) is 0 Å². The molecule has 106 valence electrons. The molecule has 5 nitrogen and oxygen atoms in total. The number of carbonyl (C=O) groups excluding carboxylic acids is 1. The first-order valence-electron chi connectivity index (χ1n) is 5.89. The van der Waals surface area contributed by atoms with E-state index in [0.717, 1.165) is 5.56 Å². The van der Waals surface area contributed by atoms with Gasteiger partial charge in [0.15, 0.2) is 9.84 Å². The summed E-state index contributed by atoms with van der Waals surface area (Å²) in [6, 6.07) is 6.09. The third-order valence-electron chi connectivity index (χ3n) is 2.86. The summed E-state index contributed by atoms with van der Waals surface area (Å²) in [7, 11) is -1.84. The van der Waals surface area contributed by atoms with Crippen molar-refractivity contribution in [3.63, 3.8) is 0 Å². The highest BCUT2D eigenvalue weighted by atomic mass is 32.2. The molecule has 0 aliphatic carbocycles. The van der Waals surface area contributed by atoms with Crippen molar-refractivity contribution in [2.24, 2.45) is 0 Å². The fraction of sp³-hybridized carbons (Fsp3) is 0.462. The van der Waals surface area contributed by atoms with Gasteiger partial charge in [-0.1, -0.05) is 12.1 Å². The predicted molar refractivity (Wildman–Crippen MR) is 72.6 cm³/mol. The topological polar surface area (TPSA) is 72.5 Å². The summed E-state index contributed by atoms with van der Waals surface area (Å²) in [5, 5.41) is 3.08. The number of benzene rings is 1. The summed E-state index contributed by atoms with van der Waals surface area (Å²) in [4.78, 5) is 11.6. The van der Waals surface area contributed by atoms with E-state index in [1.54, 1.807) is 31.2 Å². The lowest BCUT2D eigenvalue weighted by atomic mass is 10.1. The summed E-state index contributed by atoms with van der Waals surface area (Å²) < 4.78 is 27.3. The zero-order valence-electron chi connectivity index (χ0n) is 11.5. The molecule has 0 saturated heterocycles. The van der Waals surface area contributed by atoms with Gasteiger partial charge in [0.25, 0.3) is 0 Å². The van der Waals surface area contributed by atoms with E-state index in [2.05, 4.69) is 10.1 Å². The molecule has 0 aliphatic heterocycles. The maximum atomic E-state index is 11.3. The summed E-state index contributed by atoms with van der Waals surface area (Å²) >= 11 is 0. The molecule has 19 heavy (non-hydrogen) atoms. The molecule has 0 fully saturated rings. The maximum Gasteiger partial charge on any atom is 0.322 e. The molecule has 1 N–H and O–H groups in total. The van der Waals surface area contributed by atoms with Crippen molar-refractivity contribution in [1.82, 2.24) is 5.32 Å². The Morgan fingerprint density at radius 2 is 1.74 bits per heavy atom. The second kappa shape index (κ2) is 6.16. The summed E-state index contributed by atoms with van der Waals surface area (Å²) in [6.45, 7) is 3.61. The zero-order chi connectivity index (χ0) is 14.6. The van der Waals surface area contributed by atoms with Crippen LogP contribution in [0.3, 0.4) is 0 Å². The van der Waals surface area contributed by atoms with E-state index in [9.17, 15) is 13.2 Å². The van der Waals surface area contributed by atoms with Crippen LogP contribution in [0.15, 0.2) is 29.2 Å². The fourth-order valence-electron chi connectivity index (χ4n) is 1.72. The van der Waals surface area contributed by atoms with Crippen LogP contribution in [-0.2, 0) is 19.4 Å². The molecule has 0 radical (unpaired) electrons. The highest BCUT2D eigenvalue weighted by Gasteiger charge is 2.16. The van der Waals surface area contributed by atoms with Crippen LogP contribution in [0.5, 0.6) is 0 Å². The molecule has 1 unspecified atom stereocenters. The number of ether oxygens (including phenoxy) is 1. The minimum absolute atomic E-state index is 0.0808. The van der Waals surface area contributed by atoms with Crippen LogP contribution in [0.25, 0.3) is 0 Å². The number of nitrogens with one attached hydrogen (secondary N) is 1. The maximum absolute atomic E-state index is 11.3. The molecule has 0 saturated carbocycles. The second-order valence-electron chi connectivity index (χ2n) is 4.47. The van der Waals surface area contributed by atoms with E-state index < -0.39 is 15.9 Å². The van der Waals surface area contributed by atoms with Crippen LogP contribution in [0.1, 0.15) is 25.5 Å². The molecule has 1 aromatic carbocycles. The number of sulfone groups is 1. The van der Waals surface area contributed by atoms with Gasteiger partial charge in [0.05, 0.1) is 12.0 Å². The van der Waals surface area contributed by atoms with Crippen molar-refractivity contribution in [2.75, 3.05) is 13.4 Å². The first kappa shape index (κ1) is 15.7. The Morgan fingerprint density at radius 3 is 2.16 bits per heavy atom. The largest absolute Gasteiger partial charge is 0.468 e. The molecule has 1 rings (SSSR count). The molecular weight excluding hydrogens is 266 g/mol. The van der Waals surface area contributed by atoms with E-state index in [1.807, 2.05) is 6.92 Å². The Kier molecular flexibility index (Phi) is 5.08. The van der Waals surface area contributed by atoms with E-state index >= 15 is 0 Å². The lowest BCUT2D eigenvalue weighted by molar-refractivity contribution is -0.142. The van der Waals surface area contributed by atoms with Crippen LogP contribution in [0.4, 0.5) is 0 Å². The van der Waals surface area contributed by atoms with Crippen LogP contribution in [0.2, 0.25) is 0 Å². The number of carbonyl (C=O) groups is 1. The highest BCUT2D eigenvalue weighted by Crippen LogP contribution is 2.16. The lowest BCUT2D eigenvalue weighted by Gasteiger charge is -2.18. The van der Waals surface area contributed by atoms with Crippen LogP contribution < -0.4 is 5.32 Å². The average molecular weight is 285 g/mol. The Morgan fingerprint density at radius 1 is 1.21 bits per heavy atom. The smallest absolute Gasteiger partial charge is 0.322 e. The molecule has 0 amide bonds. The van der Waals surface area contributed by atoms with Crippen molar-refractivity contribution in [2.45, 2.75) is 30.8 Å². The van der Waals surface area contributed by atoms with Crippen molar-refractivity contribution in [1.29, 1.82) is 0 Å². The van der Waals surface area contributed by atoms with Crippen molar-refractivity contribution in [3.05, 3.63) is 29.8 Å². The molecular formula is C13H19NO4S. The molecule has 0 bridgehead atoms. The number of esters is 1. The van der Waals surface area contributed by atoms with Crippen molar-refractivity contribution >= 4 is 15.8 Å². The first-order valence-corrected chi connectivity index (χ1v) is 7.78. The minimum Gasteiger partial charge on any atom is -0.468 e. The molecule has 0 aliphatic rings. The molecule has 1 aromatic rings. The summed E-state index contributed by atoms with van der Waals surface area (Å²) in [6.07, 6.45) is 1.17. The predicted octanol–water partition coefficient (Wildman–Crippen LogP) is 1.30. The first-order chi connectivity index (χ1) is 8.75. The van der Waals surface area contributed by atoms with Gasteiger partial charge in [-0.15, -0.1) is 0 Å². The SMILES string of the molecule is COC(=O)[C@H](C)NC(C)c1ccc(S(C)(=O)=O)cc1. The summed E-state index contributed by atoms with van der Waals surface area (Å²) in [5.74, 6) is -0.334. The minimum atomic E-state index is -3.18. The van der Waals surface area contributed by atoms with Gasteiger partial charge in [-0.3, -0.25) is 10.1 Å². The van der Waals surface area contributed by atoms with Crippen molar-refractivity contribution in [3.8, 4) is 0 Å². The zero-order valence-corrected chi connectivity index (χ0v) is 12.3. The van der Waals surface area contributed by atoms with Gasteiger partial charge in [-0.05, 0) is 31.5 Å². The number of hydrogen-bond donors (Lipinski definition) is 1. The molecule has 0 aromatic heterocycles. The van der Waals surface area contributed by atoms with Crippen molar-refractivity contribution < 1.29 is 17.9 Å². The van der Waals surface area contributed by atoms with Crippen LogP contribution >= 0.6 is 0 Å². The second-order valence-corrected chi connectivity index (χ2v) is 6.49. The fourth-order valence-corrected chi connectivity index (χ4v) is 2.35. The van der Waals surface area contributed by atoms with Gasteiger partial charge in [0, 0.05) is 12.3 Å².